The summed E-state index contributed by atoms with van der Waals surface area (Å²) in [6, 6.07) is 0. The Kier molecular flexibility index (Phi) is 21.7. The molecule has 0 rings (SSSR count). The fourth-order valence-corrected chi connectivity index (χ4v) is 0.908. The van der Waals surface area contributed by atoms with Crippen LogP contribution < -0.4 is 0 Å². The Morgan fingerprint density at radius 3 is 1.50 bits per heavy atom. The molecule has 0 saturated heterocycles. The minimum absolute atomic E-state index is 0.0278. The lowest BCUT2D eigenvalue weighted by Crippen LogP contribution is -2.03. The minimum Gasteiger partial charge on any atom is -0.394 e. The second kappa shape index (κ2) is 18.6. The van der Waals surface area contributed by atoms with E-state index < -0.39 is 0 Å². The molecule has 0 bridgehead atoms. The molecule has 0 aromatic carbocycles. The van der Waals surface area contributed by atoms with Crippen molar-refractivity contribution in [3.05, 3.63) is 0 Å². The predicted octanol–water partition coefficient (Wildman–Crippen LogP) is 1.96. The van der Waals surface area contributed by atoms with E-state index in [0.29, 0.717) is 13.2 Å². The molecule has 14 heavy (non-hydrogen) atoms. The lowest BCUT2D eigenvalue weighted by Gasteiger charge is -1.94. The van der Waals surface area contributed by atoms with Crippen LogP contribution in [0.5, 0.6) is 0 Å². The summed E-state index contributed by atoms with van der Waals surface area (Å²) in [4.78, 5) is 0. The number of hydrogen-bond donors (Lipinski definition) is 2. The summed E-state index contributed by atoms with van der Waals surface area (Å²) in [5, 5.41) is 16.2. The molecule has 2 N–H and O–H groups in total. The molecular formula is C11H26O3. The third-order valence-corrected chi connectivity index (χ3v) is 1.68. The SMILES string of the molecule is CCCCCCC.OCCOCCO. The van der Waals surface area contributed by atoms with Crippen molar-refractivity contribution in [1.29, 1.82) is 0 Å². The Morgan fingerprint density at radius 1 is 0.786 bits per heavy atom. The smallest absolute Gasteiger partial charge is 0.0698 e. The number of rotatable bonds is 8. The summed E-state index contributed by atoms with van der Waals surface area (Å²) in [5.41, 5.74) is 0. The number of hydrogen-bond acceptors (Lipinski definition) is 3. The zero-order chi connectivity index (χ0) is 11.1. The van der Waals surface area contributed by atoms with Crippen molar-refractivity contribution in [2.24, 2.45) is 0 Å². The molecule has 3 nitrogen and oxygen atoms in total. The lowest BCUT2D eigenvalue weighted by atomic mass is 10.2. The molecule has 0 heterocycles. The van der Waals surface area contributed by atoms with Crippen LogP contribution >= 0.6 is 0 Å². The average Bonchev–Trinajstić information content (AvgIpc) is 2.21. The van der Waals surface area contributed by atoms with Crippen LogP contribution in [0.3, 0.4) is 0 Å². The quantitative estimate of drug-likeness (QED) is 0.597. The van der Waals surface area contributed by atoms with E-state index in [0.717, 1.165) is 0 Å². The summed E-state index contributed by atoms with van der Waals surface area (Å²) in [6.45, 7) is 5.19. The van der Waals surface area contributed by atoms with Crippen molar-refractivity contribution in [3.8, 4) is 0 Å². The summed E-state index contributed by atoms with van der Waals surface area (Å²) >= 11 is 0. The van der Waals surface area contributed by atoms with Crippen LogP contribution in [0.1, 0.15) is 46.0 Å². The van der Waals surface area contributed by atoms with Crippen molar-refractivity contribution in [3.63, 3.8) is 0 Å². The molecule has 88 valence electrons. The first-order chi connectivity index (χ1) is 6.83. The summed E-state index contributed by atoms with van der Waals surface area (Å²) in [7, 11) is 0. The van der Waals surface area contributed by atoms with Crippen LogP contribution in [-0.4, -0.2) is 36.6 Å². The van der Waals surface area contributed by atoms with Crippen molar-refractivity contribution in [1.82, 2.24) is 0 Å². The van der Waals surface area contributed by atoms with Gasteiger partial charge in [0.05, 0.1) is 26.4 Å². The zero-order valence-corrected chi connectivity index (χ0v) is 9.67. The number of ether oxygens (including phenoxy) is 1. The Balaban J connectivity index is 0. The highest BCUT2D eigenvalue weighted by Crippen LogP contribution is 2.00. The van der Waals surface area contributed by atoms with Gasteiger partial charge in [-0.1, -0.05) is 46.0 Å². The third kappa shape index (κ3) is 22.6. The molecule has 0 spiro atoms. The first kappa shape index (κ1) is 16.3. The Hall–Kier alpha value is -0.120. The van der Waals surface area contributed by atoms with Gasteiger partial charge >= 0.3 is 0 Å². The van der Waals surface area contributed by atoms with E-state index in [9.17, 15) is 0 Å². The largest absolute Gasteiger partial charge is 0.394 e. The Morgan fingerprint density at radius 2 is 1.21 bits per heavy atom. The van der Waals surface area contributed by atoms with E-state index >= 15 is 0 Å². The van der Waals surface area contributed by atoms with Gasteiger partial charge in [0.2, 0.25) is 0 Å². The van der Waals surface area contributed by atoms with Gasteiger partial charge in [0.15, 0.2) is 0 Å². The number of unbranched alkanes of at least 4 members (excludes halogenated alkanes) is 4. The summed E-state index contributed by atoms with van der Waals surface area (Å²) in [6.07, 6.45) is 7.01. The van der Waals surface area contributed by atoms with Crippen LogP contribution in [0.2, 0.25) is 0 Å². The van der Waals surface area contributed by atoms with Crippen molar-refractivity contribution < 1.29 is 14.9 Å². The molecular weight excluding hydrogens is 180 g/mol. The Bertz CT molecular complexity index is 58.9. The van der Waals surface area contributed by atoms with Crippen LogP contribution in [0.15, 0.2) is 0 Å². The summed E-state index contributed by atoms with van der Waals surface area (Å²) < 4.78 is 4.63. The highest BCUT2D eigenvalue weighted by molar-refractivity contribution is 4.35. The number of aliphatic hydroxyl groups excluding tert-OH is 2. The molecule has 0 fully saturated rings. The van der Waals surface area contributed by atoms with E-state index in [1.807, 2.05) is 0 Å². The zero-order valence-electron chi connectivity index (χ0n) is 9.67. The molecule has 0 unspecified atom stereocenters. The molecule has 0 aliphatic rings. The lowest BCUT2D eigenvalue weighted by molar-refractivity contribution is 0.0650. The van der Waals surface area contributed by atoms with Gasteiger partial charge in [0.25, 0.3) is 0 Å². The van der Waals surface area contributed by atoms with Gasteiger partial charge in [-0.3, -0.25) is 0 Å². The van der Waals surface area contributed by atoms with E-state index in [1.54, 1.807) is 0 Å². The summed E-state index contributed by atoms with van der Waals surface area (Å²) in [5.74, 6) is 0. The van der Waals surface area contributed by atoms with Crippen molar-refractivity contribution in [2.75, 3.05) is 26.4 Å². The fraction of sp³-hybridized carbons (Fsp3) is 1.00. The average molecular weight is 206 g/mol. The molecule has 0 amide bonds. The first-order valence-electron chi connectivity index (χ1n) is 5.62. The molecule has 0 aromatic heterocycles. The maximum atomic E-state index is 8.09. The maximum absolute atomic E-state index is 8.09. The highest BCUT2D eigenvalue weighted by Gasteiger charge is 1.80. The molecule has 0 atom stereocenters. The van der Waals surface area contributed by atoms with Gasteiger partial charge in [0, 0.05) is 0 Å². The maximum Gasteiger partial charge on any atom is 0.0698 e. The minimum atomic E-state index is 0.0278. The third-order valence-electron chi connectivity index (χ3n) is 1.68. The standard InChI is InChI=1S/C7H16.C4H10O3/c1-3-5-7-6-4-2;5-1-3-7-4-2-6/h3-7H2,1-2H3;5-6H,1-4H2. The van der Waals surface area contributed by atoms with Gasteiger partial charge in [-0.15, -0.1) is 0 Å². The second-order valence-electron chi connectivity index (χ2n) is 3.12. The van der Waals surface area contributed by atoms with Crippen LogP contribution in [0, 0.1) is 0 Å². The van der Waals surface area contributed by atoms with E-state index in [4.69, 9.17) is 10.2 Å². The highest BCUT2D eigenvalue weighted by atomic mass is 16.5. The first-order valence-corrected chi connectivity index (χ1v) is 5.62. The van der Waals surface area contributed by atoms with Crippen molar-refractivity contribution in [2.45, 2.75) is 46.0 Å². The van der Waals surface area contributed by atoms with E-state index in [1.165, 1.54) is 32.1 Å². The van der Waals surface area contributed by atoms with Crippen molar-refractivity contribution >= 4 is 0 Å². The Labute approximate surface area is 88.1 Å². The fourth-order valence-electron chi connectivity index (χ4n) is 0.908. The molecule has 0 aliphatic carbocycles. The second-order valence-corrected chi connectivity index (χ2v) is 3.12. The molecule has 0 radical (unpaired) electrons. The van der Waals surface area contributed by atoms with Gasteiger partial charge in [0.1, 0.15) is 0 Å². The van der Waals surface area contributed by atoms with Gasteiger partial charge in [-0.25, -0.2) is 0 Å². The van der Waals surface area contributed by atoms with Gasteiger partial charge in [-0.05, 0) is 0 Å². The number of aliphatic hydroxyl groups is 2. The van der Waals surface area contributed by atoms with Crippen LogP contribution in [0.4, 0.5) is 0 Å². The van der Waals surface area contributed by atoms with Crippen LogP contribution in [-0.2, 0) is 4.74 Å². The molecule has 0 saturated carbocycles. The van der Waals surface area contributed by atoms with Gasteiger partial charge < -0.3 is 14.9 Å². The monoisotopic (exact) mass is 206 g/mol. The predicted molar refractivity (Wildman–Crippen MR) is 59.4 cm³/mol. The molecule has 0 aliphatic heterocycles. The molecule has 0 aromatic rings. The van der Waals surface area contributed by atoms with Gasteiger partial charge in [-0.2, -0.15) is 0 Å². The van der Waals surface area contributed by atoms with E-state index in [-0.39, 0.29) is 13.2 Å². The molecule has 3 heteroatoms. The normalized spacial score (nSPS) is 9.43. The topological polar surface area (TPSA) is 49.7 Å². The van der Waals surface area contributed by atoms with Crippen LogP contribution in [0.25, 0.3) is 0 Å². The van der Waals surface area contributed by atoms with E-state index in [2.05, 4.69) is 18.6 Å².